The van der Waals surface area contributed by atoms with Gasteiger partial charge >= 0.3 is 5.69 Å². The lowest BCUT2D eigenvalue weighted by atomic mass is 10.1. The van der Waals surface area contributed by atoms with E-state index in [2.05, 4.69) is 26.1 Å². The number of rotatable bonds is 6. The molecule has 0 atom stereocenters. The zero-order valence-corrected chi connectivity index (χ0v) is 16.6. The fourth-order valence-corrected chi connectivity index (χ4v) is 3.11. The number of aromatic nitrogens is 2. The summed E-state index contributed by atoms with van der Waals surface area (Å²) < 4.78 is 0. The molecule has 0 radical (unpaired) electrons. The summed E-state index contributed by atoms with van der Waals surface area (Å²) in [4.78, 5) is 31.4. The van der Waals surface area contributed by atoms with Crippen molar-refractivity contribution in [2.75, 3.05) is 10.7 Å². The number of hydrogen-bond acceptors (Lipinski definition) is 7. The maximum atomic E-state index is 12.3. The van der Waals surface area contributed by atoms with Gasteiger partial charge < -0.3 is 5.32 Å². The molecule has 0 unspecified atom stereocenters. The third kappa shape index (κ3) is 4.36. The highest BCUT2D eigenvalue weighted by molar-refractivity contribution is 6.30. The number of hydrazine groups is 1. The first-order valence-corrected chi connectivity index (χ1v) is 9.47. The van der Waals surface area contributed by atoms with Crippen LogP contribution in [0.2, 0.25) is 5.02 Å². The van der Waals surface area contributed by atoms with Crippen molar-refractivity contribution in [2.24, 2.45) is 0 Å². The van der Waals surface area contributed by atoms with Crippen molar-refractivity contribution >= 4 is 51.3 Å². The standard InChI is InChI=1S/C21H15ClN6O3/c22-15-10-8-14(9-11-15)21(29)27-26-20-18(28(30)31)19(23-12-24-20)25-17-7-3-5-13-4-1-2-6-16(13)17/h1-12H,(H,27,29)(H2,23,24,25,26). The number of nitro groups is 1. The molecule has 0 aliphatic rings. The minimum Gasteiger partial charge on any atom is -0.334 e. The van der Waals surface area contributed by atoms with E-state index < -0.39 is 16.5 Å². The maximum Gasteiger partial charge on any atom is 0.355 e. The largest absolute Gasteiger partial charge is 0.355 e. The Bertz CT molecular complexity index is 1270. The summed E-state index contributed by atoms with van der Waals surface area (Å²) in [6, 6.07) is 19.4. The van der Waals surface area contributed by atoms with E-state index in [9.17, 15) is 14.9 Å². The average molecular weight is 435 g/mol. The zero-order chi connectivity index (χ0) is 21.8. The van der Waals surface area contributed by atoms with Gasteiger partial charge in [-0.3, -0.25) is 25.8 Å². The third-order valence-electron chi connectivity index (χ3n) is 4.45. The topological polar surface area (TPSA) is 122 Å². The summed E-state index contributed by atoms with van der Waals surface area (Å²) in [6.45, 7) is 0. The van der Waals surface area contributed by atoms with Crippen molar-refractivity contribution < 1.29 is 9.72 Å². The first kappa shape index (κ1) is 20.0. The lowest BCUT2D eigenvalue weighted by Gasteiger charge is -2.12. The van der Waals surface area contributed by atoms with Crippen molar-refractivity contribution in [2.45, 2.75) is 0 Å². The van der Waals surface area contributed by atoms with Crippen LogP contribution < -0.4 is 16.2 Å². The Morgan fingerprint density at radius 2 is 1.65 bits per heavy atom. The SMILES string of the molecule is O=C(NNc1ncnc(Nc2cccc3ccccc23)c1[N+](=O)[O-])c1ccc(Cl)cc1. The van der Waals surface area contributed by atoms with Crippen LogP contribution >= 0.6 is 11.6 Å². The van der Waals surface area contributed by atoms with Crippen LogP contribution in [0.5, 0.6) is 0 Å². The molecule has 0 aliphatic heterocycles. The lowest BCUT2D eigenvalue weighted by Crippen LogP contribution is -2.30. The fraction of sp³-hybridized carbons (Fsp3) is 0. The van der Waals surface area contributed by atoms with E-state index in [-0.39, 0.29) is 11.6 Å². The minimum absolute atomic E-state index is 0.0143. The van der Waals surface area contributed by atoms with Crippen LogP contribution in [0.4, 0.5) is 23.0 Å². The monoisotopic (exact) mass is 434 g/mol. The normalized spacial score (nSPS) is 10.5. The second-order valence-corrected chi connectivity index (χ2v) is 6.85. The number of anilines is 3. The molecular weight excluding hydrogens is 420 g/mol. The summed E-state index contributed by atoms with van der Waals surface area (Å²) in [5.74, 6) is -0.683. The number of amides is 1. The Balaban J connectivity index is 1.61. The fourth-order valence-electron chi connectivity index (χ4n) is 2.99. The molecule has 10 heteroatoms. The van der Waals surface area contributed by atoms with Crippen molar-refractivity contribution in [1.29, 1.82) is 0 Å². The first-order valence-electron chi connectivity index (χ1n) is 9.09. The van der Waals surface area contributed by atoms with Gasteiger partial charge in [-0.1, -0.05) is 48.0 Å². The number of nitrogens with one attached hydrogen (secondary N) is 3. The highest BCUT2D eigenvalue weighted by Crippen LogP contribution is 2.33. The molecule has 3 aromatic carbocycles. The average Bonchev–Trinajstić information content (AvgIpc) is 2.78. The molecule has 31 heavy (non-hydrogen) atoms. The number of fused-ring (bicyclic) bond motifs is 1. The van der Waals surface area contributed by atoms with E-state index in [1.165, 1.54) is 12.1 Å². The molecule has 3 N–H and O–H groups in total. The molecule has 4 aromatic rings. The zero-order valence-electron chi connectivity index (χ0n) is 15.9. The van der Waals surface area contributed by atoms with E-state index in [1.807, 2.05) is 36.4 Å². The van der Waals surface area contributed by atoms with E-state index in [1.54, 1.807) is 18.2 Å². The highest BCUT2D eigenvalue weighted by Gasteiger charge is 2.24. The van der Waals surface area contributed by atoms with Crippen molar-refractivity contribution in [3.05, 3.63) is 93.8 Å². The molecule has 0 fully saturated rings. The van der Waals surface area contributed by atoms with Crippen LogP contribution in [0.25, 0.3) is 10.8 Å². The van der Waals surface area contributed by atoms with Gasteiger partial charge in [0.2, 0.25) is 11.6 Å². The molecule has 0 saturated carbocycles. The summed E-state index contributed by atoms with van der Waals surface area (Å²) >= 11 is 5.82. The summed E-state index contributed by atoms with van der Waals surface area (Å²) in [7, 11) is 0. The number of carbonyl (C=O) groups excluding carboxylic acids is 1. The van der Waals surface area contributed by atoms with Crippen molar-refractivity contribution in [3.63, 3.8) is 0 Å². The number of nitrogens with zero attached hydrogens (tertiary/aromatic N) is 3. The van der Waals surface area contributed by atoms with E-state index in [0.717, 1.165) is 17.1 Å². The third-order valence-corrected chi connectivity index (χ3v) is 4.70. The molecule has 4 rings (SSSR count). The van der Waals surface area contributed by atoms with Gasteiger partial charge in [0.15, 0.2) is 0 Å². The Hall–Kier alpha value is -4.24. The van der Waals surface area contributed by atoms with Gasteiger partial charge in [0.05, 0.1) is 4.92 Å². The number of hydrogen-bond donors (Lipinski definition) is 3. The Morgan fingerprint density at radius 1 is 0.935 bits per heavy atom. The molecule has 0 spiro atoms. The Morgan fingerprint density at radius 3 is 2.42 bits per heavy atom. The highest BCUT2D eigenvalue weighted by atomic mass is 35.5. The van der Waals surface area contributed by atoms with Crippen molar-refractivity contribution in [1.82, 2.24) is 15.4 Å². The summed E-state index contributed by atoms with van der Waals surface area (Å²) in [5.41, 5.74) is 5.46. The molecular formula is C21H15ClN6O3. The number of carbonyl (C=O) groups is 1. The van der Waals surface area contributed by atoms with Gasteiger partial charge in [-0.05, 0) is 35.7 Å². The molecule has 154 valence electrons. The lowest BCUT2D eigenvalue weighted by molar-refractivity contribution is -0.383. The van der Waals surface area contributed by atoms with Gasteiger partial charge in [-0.15, -0.1) is 0 Å². The molecule has 9 nitrogen and oxygen atoms in total. The van der Waals surface area contributed by atoms with Gasteiger partial charge in [0.1, 0.15) is 6.33 Å². The van der Waals surface area contributed by atoms with Crippen LogP contribution in [-0.4, -0.2) is 20.8 Å². The first-order chi connectivity index (χ1) is 15.0. The van der Waals surface area contributed by atoms with Crippen LogP contribution in [0.1, 0.15) is 10.4 Å². The molecule has 0 bridgehead atoms. The van der Waals surface area contributed by atoms with Crippen LogP contribution in [-0.2, 0) is 0 Å². The minimum atomic E-state index is -0.621. The number of halogens is 1. The van der Waals surface area contributed by atoms with Gasteiger partial charge in [-0.25, -0.2) is 9.97 Å². The molecule has 1 amide bonds. The Labute approximate surface area is 181 Å². The predicted molar refractivity (Wildman–Crippen MR) is 118 cm³/mol. The van der Waals surface area contributed by atoms with Crippen LogP contribution in [0, 0.1) is 10.1 Å². The summed E-state index contributed by atoms with van der Waals surface area (Å²) in [6.07, 6.45) is 1.16. The van der Waals surface area contributed by atoms with Crippen LogP contribution in [0.3, 0.4) is 0 Å². The van der Waals surface area contributed by atoms with Gasteiger partial charge in [-0.2, -0.15) is 0 Å². The second kappa shape index (κ2) is 8.64. The van der Waals surface area contributed by atoms with Gasteiger partial charge in [0, 0.05) is 21.7 Å². The summed E-state index contributed by atoms with van der Waals surface area (Å²) in [5, 5.41) is 17.1. The van der Waals surface area contributed by atoms with E-state index in [0.29, 0.717) is 16.3 Å². The Kier molecular flexibility index (Phi) is 5.59. The van der Waals surface area contributed by atoms with E-state index in [4.69, 9.17) is 11.6 Å². The molecule has 0 aliphatic carbocycles. The van der Waals surface area contributed by atoms with Crippen LogP contribution in [0.15, 0.2) is 73.1 Å². The van der Waals surface area contributed by atoms with Crippen molar-refractivity contribution in [3.8, 4) is 0 Å². The maximum absolute atomic E-state index is 12.3. The van der Waals surface area contributed by atoms with E-state index >= 15 is 0 Å². The quantitative estimate of drug-likeness (QED) is 0.297. The van der Waals surface area contributed by atoms with Gasteiger partial charge in [0.25, 0.3) is 5.91 Å². The smallest absolute Gasteiger partial charge is 0.334 e. The molecule has 1 aromatic heterocycles. The second-order valence-electron chi connectivity index (χ2n) is 6.41. The molecule has 0 saturated heterocycles. The number of benzene rings is 3. The molecule has 1 heterocycles. The predicted octanol–water partition coefficient (Wildman–Crippen LogP) is 4.69.